The minimum atomic E-state index is -0.309. The highest BCUT2D eigenvalue weighted by Crippen LogP contribution is 2.42. The van der Waals surface area contributed by atoms with Gasteiger partial charge >= 0.3 is 0 Å². The number of carbonyl (C=O) groups excluding carboxylic acids is 1. The van der Waals surface area contributed by atoms with Crippen molar-refractivity contribution < 1.29 is 9.18 Å². The Kier molecular flexibility index (Phi) is 5.42. The number of hydrogen-bond acceptors (Lipinski definition) is 4. The SMILES string of the molecule is CC(C)CNC(=O)C(C)Sc1nnc(-c2ccccc2F)n1C1CC1. The third kappa shape index (κ3) is 4.21. The van der Waals surface area contributed by atoms with Gasteiger partial charge in [-0.25, -0.2) is 4.39 Å². The van der Waals surface area contributed by atoms with Crippen molar-refractivity contribution in [3.63, 3.8) is 0 Å². The molecule has 1 amide bonds. The molecular weight excluding hydrogens is 339 g/mol. The van der Waals surface area contributed by atoms with Crippen molar-refractivity contribution in [2.24, 2.45) is 5.92 Å². The molecule has 3 rings (SSSR count). The first-order valence-corrected chi connectivity index (χ1v) is 9.49. The van der Waals surface area contributed by atoms with E-state index < -0.39 is 0 Å². The van der Waals surface area contributed by atoms with Crippen LogP contribution < -0.4 is 5.32 Å². The van der Waals surface area contributed by atoms with Crippen LogP contribution in [0.5, 0.6) is 0 Å². The highest BCUT2D eigenvalue weighted by atomic mass is 32.2. The maximum Gasteiger partial charge on any atom is 0.233 e. The summed E-state index contributed by atoms with van der Waals surface area (Å²) in [5.74, 6) is 0.620. The van der Waals surface area contributed by atoms with Crippen LogP contribution in [0.25, 0.3) is 11.4 Å². The zero-order valence-corrected chi connectivity index (χ0v) is 15.5. The Bertz CT molecular complexity index is 757. The zero-order chi connectivity index (χ0) is 18.0. The van der Waals surface area contributed by atoms with Gasteiger partial charge in [0.2, 0.25) is 5.91 Å². The number of aromatic nitrogens is 3. The summed E-state index contributed by atoms with van der Waals surface area (Å²) in [5.41, 5.74) is 0.450. The summed E-state index contributed by atoms with van der Waals surface area (Å²) in [7, 11) is 0. The first-order chi connectivity index (χ1) is 12.0. The van der Waals surface area contributed by atoms with Gasteiger partial charge < -0.3 is 5.32 Å². The summed E-state index contributed by atoms with van der Waals surface area (Å²) in [4.78, 5) is 12.2. The number of halogens is 1. The minimum absolute atomic E-state index is 0.0171. The predicted molar refractivity (Wildman–Crippen MR) is 96.9 cm³/mol. The van der Waals surface area contributed by atoms with Crippen molar-refractivity contribution in [2.75, 3.05) is 6.54 Å². The molecular formula is C18H23FN4OS. The van der Waals surface area contributed by atoms with E-state index in [0.29, 0.717) is 29.0 Å². The third-order valence-electron chi connectivity index (χ3n) is 4.03. The maximum absolute atomic E-state index is 14.2. The normalized spacial score (nSPS) is 15.4. The molecule has 1 atom stereocenters. The van der Waals surface area contributed by atoms with Gasteiger partial charge in [-0.2, -0.15) is 0 Å². The van der Waals surface area contributed by atoms with Crippen LogP contribution in [0.3, 0.4) is 0 Å². The van der Waals surface area contributed by atoms with E-state index in [1.165, 1.54) is 17.8 Å². The van der Waals surface area contributed by atoms with E-state index in [-0.39, 0.29) is 23.0 Å². The summed E-state index contributed by atoms with van der Waals surface area (Å²) in [5, 5.41) is 11.8. The van der Waals surface area contributed by atoms with Crippen LogP contribution in [-0.2, 0) is 4.79 Å². The van der Waals surface area contributed by atoms with Gasteiger partial charge in [0.25, 0.3) is 0 Å². The fraction of sp³-hybridized carbons (Fsp3) is 0.500. The molecule has 25 heavy (non-hydrogen) atoms. The number of nitrogens with one attached hydrogen (secondary N) is 1. The largest absolute Gasteiger partial charge is 0.355 e. The van der Waals surface area contributed by atoms with Crippen LogP contribution >= 0.6 is 11.8 Å². The average molecular weight is 362 g/mol. The molecule has 1 unspecified atom stereocenters. The Balaban J connectivity index is 1.81. The molecule has 1 heterocycles. The lowest BCUT2D eigenvalue weighted by Gasteiger charge is -2.14. The van der Waals surface area contributed by atoms with Crippen molar-refractivity contribution >= 4 is 17.7 Å². The van der Waals surface area contributed by atoms with Crippen LogP contribution in [0, 0.1) is 11.7 Å². The lowest BCUT2D eigenvalue weighted by molar-refractivity contribution is -0.120. The van der Waals surface area contributed by atoms with Gasteiger partial charge in [-0.1, -0.05) is 37.7 Å². The third-order valence-corrected chi connectivity index (χ3v) is 5.08. The zero-order valence-electron chi connectivity index (χ0n) is 14.7. The number of thioether (sulfide) groups is 1. The number of rotatable bonds is 7. The van der Waals surface area contributed by atoms with Crippen LogP contribution in [-0.4, -0.2) is 32.5 Å². The van der Waals surface area contributed by atoms with Gasteiger partial charge in [0.05, 0.1) is 10.8 Å². The molecule has 1 N–H and O–H groups in total. The lowest BCUT2D eigenvalue weighted by Crippen LogP contribution is -2.33. The molecule has 7 heteroatoms. The number of nitrogens with zero attached hydrogens (tertiary/aromatic N) is 3. The Morgan fingerprint density at radius 2 is 2.04 bits per heavy atom. The van der Waals surface area contributed by atoms with Crippen molar-refractivity contribution in [1.82, 2.24) is 20.1 Å². The number of hydrogen-bond donors (Lipinski definition) is 1. The molecule has 2 aromatic rings. The van der Waals surface area contributed by atoms with Gasteiger partial charge in [0.1, 0.15) is 5.82 Å². The summed E-state index contributed by atoms with van der Waals surface area (Å²) in [6.45, 7) is 6.62. The molecule has 0 radical (unpaired) electrons. The van der Waals surface area contributed by atoms with E-state index in [1.54, 1.807) is 18.2 Å². The molecule has 0 saturated heterocycles. The molecule has 0 aliphatic heterocycles. The predicted octanol–water partition coefficient (Wildman–Crippen LogP) is 3.67. The second-order valence-electron chi connectivity index (χ2n) is 6.79. The molecule has 5 nitrogen and oxygen atoms in total. The number of amides is 1. The monoisotopic (exact) mass is 362 g/mol. The van der Waals surface area contributed by atoms with E-state index in [4.69, 9.17) is 0 Å². The Hall–Kier alpha value is -1.89. The lowest BCUT2D eigenvalue weighted by atomic mass is 10.2. The van der Waals surface area contributed by atoms with E-state index in [0.717, 1.165) is 12.8 Å². The van der Waals surface area contributed by atoms with Crippen molar-refractivity contribution in [1.29, 1.82) is 0 Å². The Labute approximate surface area is 151 Å². The van der Waals surface area contributed by atoms with E-state index >= 15 is 0 Å². The van der Waals surface area contributed by atoms with Crippen LogP contribution in [0.15, 0.2) is 29.4 Å². The molecule has 0 bridgehead atoms. The standard InChI is InChI=1S/C18H23FN4OS/c1-11(2)10-20-17(24)12(3)25-18-22-21-16(23(18)13-8-9-13)14-6-4-5-7-15(14)19/h4-7,11-13H,8-10H2,1-3H3,(H,20,24). The van der Waals surface area contributed by atoms with Crippen LogP contribution in [0.4, 0.5) is 4.39 Å². The van der Waals surface area contributed by atoms with Gasteiger partial charge in [-0.05, 0) is 37.8 Å². The summed E-state index contributed by atoms with van der Waals surface area (Å²) >= 11 is 1.37. The topological polar surface area (TPSA) is 59.8 Å². The van der Waals surface area contributed by atoms with Gasteiger partial charge in [-0.15, -0.1) is 10.2 Å². The van der Waals surface area contributed by atoms with Crippen LogP contribution in [0.1, 0.15) is 39.7 Å². The summed E-state index contributed by atoms with van der Waals surface area (Å²) in [6.07, 6.45) is 2.06. The van der Waals surface area contributed by atoms with Crippen molar-refractivity contribution in [3.8, 4) is 11.4 Å². The average Bonchev–Trinajstić information content (AvgIpc) is 3.34. The second-order valence-corrected chi connectivity index (χ2v) is 8.09. The molecule has 1 aromatic carbocycles. The highest BCUT2D eigenvalue weighted by molar-refractivity contribution is 8.00. The Morgan fingerprint density at radius 1 is 1.32 bits per heavy atom. The smallest absolute Gasteiger partial charge is 0.233 e. The van der Waals surface area contributed by atoms with Crippen molar-refractivity contribution in [3.05, 3.63) is 30.1 Å². The quantitative estimate of drug-likeness (QED) is 0.764. The van der Waals surface area contributed by atoms with E-state index in [2.05, 4.69) is 29.4 Å². The molecule has 0 spiro atoms. The highest BCUT2D eigenvalue weighted by Gasteiger charge is 2.32. The molecule has 1 aliphatic carbocycles. The molecule has 134 valence electrons. The molecule has 1 aromatic heterocycles. The second kappa shape index (κ2) is 7.56. The summed E-state index contributed by atoms with van der Waals surface area (Å²) < 4.78 is 16.1. The first-order valence-electron chi connectivity index (χ1n) is 8.61. The molecule has 1 fully saturated rings. The van der Waals surface area contributed by atoms with Gasteiger partial charge in [-0.3, -0.25) is 9.36 Å². The first kappa shape index (κ1) is 17.9. The summed E-state index contributed by atoms with van der Waals surface area (Å²) in [6, 6.07) is 6.88. The molecule has 1 saturated carbocycles. The van der Waals surface area contributed by atoms with Gasteiger partial charge in [0.15, 0.2) is 11.0 Å². The fourth-order valence-electron chi connectivity index (χ4n) is 2.51. The maximum atomic E-state index is 14.2. The Morgan fingerprint density at radius 3 is 2.68 bits per heavy atom. The van der Waals surface area contributed by atoms with Crippen molar-refractivity contribution in [2.45, 2.75) is 50.1 Å². The molecule has 1 aliphatic rings. The minimum Gasteiger partial charge on any atom is -0.355 e. The van der Waals surface area contributed by atoms with E-state index in [9.17, 15) is 9.18 Å². The van der Waals surface area contributed by atoms with E-state index in [1.807, 2.05) is 11.5 Å². The number of benzene rings is 1. The number of carbonyl (C=O) groups is 1. The van der Waals surface area contributed by atoms with Crippen LogP contribution in [0.2, 0.25) is 0 Å². The fourth-order valence-corrected chi connectivity index (χ4v) is 3.45. The van der Waals surface area contributed by atoms with Gasteiger partial charge in [0, 0.05) is 12.6 Å².